The van der Waals surface area contributed by atoms with E-state index in [1.807, 2.05) is 18.2 Å². The van der Waals surface area contributed by atoms with E-state index in [0.29, 0.717) is 13.0 Å². The van der Waals surface area contributed by atoms with Crippen LogP contribution in [-0.4, -0.2) is 16.8 Å². The Morgan fingerprint density at radius 3 is 2.58 bits per heavy atom. The summed E-state index contributed by atoms with van der Waals surface area (Å²) in [5, 5.41) is 22.6. The molecule has 1 atom stereocenters. The molecule has 0 aromatic heterocycles. The molecule has 3 heteroatoms. The lowest BCUT2D eigenvalue weighted by Gasteiger charge is -2.26. The quantitative estimate of drug-likeness (QED) is 0.627. The summed E-state index contributed by atoms with van der Waals surface area (Å²) in [5.41, 5.74) is 9.87. The van der Waals surface area contributed by atoms with Crippen molar-refractivity contribution in [3.63, 3.8) is 0 Å². The van der Waals surface area contributed by atoms with Gasteiger partial charge in [0.05, 0.1) is 0 Å². The molecule has 0 spiro atoms. The molecular formula is C21H19NO2. The highest BCUT2D eigenvalue weighted by Gasteiger charge is 2.25. The lowest BCUT2D eigenvalue weighted by Crippen LogP contribution is -2.14. The molecule has 3 nitrogen and oxygen atoms in total. The van der Waals surface area contributed by atoms with Gasteiger partial charge in [-0.05, 0) is 40.0 Å². The molecule has 1 unspecified atom stereocenters. The first-order chi connectivity index (χ1) is 11.7. The molecule has 0 saturated heterocycles. The molecule has 0 fully saturated rings. The van der Waals surface area contributed by atoms with Crippen LogP contribution in [0.1, 0.15) is 22.6 Å². The van der Waals surface area contributed by atoms with Crippen molar-refractivity contribution in [1.82, 2.24) is 0 Å². The zero-order valence-corrected chi connectivity index (χ0v) is 13.2. The molecule has 3 aromatic carbocycles. The van der Waals surface area contributed by atoms with E-state index in [9.17, 15) is 10.2 Å². The third kappa shape index (κ3) is 2.25. The van der Waals surface area contributed by atoms with Gasteiger partial charge < -0.3 is 15.9 Å². The SMILES string of the molecule is NCC1=CC(c2cccc3ccccc23)Cc2c1ccc(O)c2O. The van der Waals surface area contributed by atoms with Gasteiger partial charge in [0.25, 0.3) is 0 Å². The first kappa shape index (κ1) is 14.8. The van der Waals surface area contributed by atoms with Gasteiger partial charge in [0.1, 0.15) is 0 Å². The number of fused-ring (bicyclic) bond motifs is 2. The van der Waals surface area contributed by atoms with Gasteiger partial charge in [-0.15, -0.1) is 0 Å². The third-order valence-corrected chi connectivity index (χ3v) is 4.88. The summed E-state index contributed by atoms with van der Waals surface area (Å²) in [4.78, 5) is 0. The van der Waals surface area contributed by atoms with Crippen molar-refractivity contribution in [3.05, 3.63) is 77.4 Å². The van der Waals surface area contributed by atoms with Crippen LogP contribution in [0.4, 0.5) is 0 Å². The van der Waals surface area contributed by atoms with Gasteiger partial charge in [-0.2, -0.15) is 0 Å². The van der Waals surface area contributed by atoms with Crippen LogP contribution >= 0.6 is 0 Å². The van der Waals surface area contributed by atoms with E-state index in [-0.39, 0.29) is 17.4 Å². The number of hydrogen-bond donors (Lipinski definition) is 3. The summed E-state index contributed by atoms with van der Waals surface area (Å²) in [6.45, 7) is 0.401. The zero-order valence-electron chi connectivity index (χ0n) is 13.2. The Balaban J connectivity index is 1.90. The molecule has 0 aliphatic heterocycles. The van der Waals surface area contributed by atoms with Gasteiger partial charge in [0.2, 0.25) is 0 Å². The minimum absolute atomic E-state index is 0.0308. The highest BCUT2D eigenvalue weighted by atomic mass is 16.3. The first-order valence-corrected chi connectivity index (χ1v) is 8.11. The van der Waals surface area contributed by atoms with Crippen LogP contribution in [0.2, 0.25) is 0 Å². The number of benzene rings is 3. The average molecular weight is 317 g/mol. The standard InChI is InChI=1S/C21H19NO2/c22-12-15-10-14(11-19-18(15)8-9-20(23)21(19)24)17-7-3-5-13-4-1-2-6-16(13)17/h1-10,14,23-24H,11-12,22H2. The average Bonchev–Trinajstić information content (AvgIpc) is 2.63. The molecule has 0 heterocycles. The Kier molecular flexibility index (Phi) is 3.51. The van der Waals surface area contributed by atoms with Gasteiger partial charge >= 0.3 is 0 Å². The van der Waals surface area contributed by atoms with E-state index in [1.54, 1.807) is 0 Å². The Hall–Kier alpha value is -2.78. The van der Waals surface area contributed by atoms with Crippen molar-refractivity contribution in [2.45, 2.75) is 12.3 Å². The zero-order chi connectivity index (χ0) is 16.7. The van der Waals surface area contributed by atoms with Crippen LogP contribution in [0.15, 0.2) is 60.7 Å². The second kappa shape index (κ2) is 5.69. The molecule has 0 bridgehead atoms. The number of nitrogens with two attached hydrogens (primary N) is 1. The van der Waals surface area contributed by atoms with Crippen molar-refractivity contribution >= 4 is 16.3 Å². The summed E-state index contributed by atoms with van der Waals surface area (Å²) in [6.07, 6.45) is 2.84. The minimum atomic E-state index is -0.0799. The number of hydrogen-bond acceptors (Lipinski definition) is 3. The van der Waals surface area contributed by atoms with E-state index < -0.39 is 0 Å². The van der Waals surface area contributed by atoms with E-state index in [4.69, 9.17) is 5.73 Å². The summed E-state index contributed by atoms with van der Waals surface area (Å²) in [5.74, 6) is 0.00956. The minimum Gasteiger partial charge on any atom is -0.504 e. The van der Waals surface area contributed by atoms with E-state index in [2.05, 4.69) is 36.4 Å². The van der Waals surface area contributed by atoms with Gasteiger partial charge in [0, 0.05) is 18.0 Å². The van der Waals surface area contributed by atoms with Gasteiger partial charge in [-0.1, -0.05) is 54.6 Å². The topological polar surface area (TPSA) is 66.5 Å². The van der Waals surface area contributed by atoms with Crippen LogP contribution in [0, 0.1) is 0 Å². The number of aromatic hydroxyl groups is 2. The first-order valence-electron chi connectivity index (χ1n) is 8.11. The van der Waals surface area contributed by atoms with Crippen LogP contribution in [-0.2, 0) is 6.42 Å². The van der Waals surface area contributed by atoms with Crippen LogP contribution < -0.4 is 5.73 Å². The predicted octanol–water partition coefficient (Wildman–Crippen LogP) is 3.93. The number of allylic oxidation sites excluding steroid dienone is 1. The second-order valence-electron chi connectivity index (χ2n) is 6.23. The Bertz CT molecular complexity index is 954. The largest absolute Gasteiger partial charge is 0.504 e. The van der Waals surface area contributed by atoms with Gasteiger partial charge in [-0.3, -0.25) is 0 Å². The molecule has 0 saturated carbocycles. The van der Waals surface area contributed by atoms with Crippen molar-refractivity contribution in [1.29, 1.82) is 0 Å². The second-order valence-corrected chi connectivity index (χ2v) is 6.23. The number of phenolic OH excluding ortho intramolecular Hbond substituents is 2. The Labute approximate surface area is 140 Å². The molecule has 0 amide bonds. The van der Waals surface area contributed by atoms with E-state index >= 15 is 0 Å². The van der Waals surface area contributed by atoms with Gasteiger partial charge in [-0.25, -0.2) is 0 Å². The van der Waals surface area contributed by atoms with Crippen molar-refractivity contribution < 1.29 is 10.2 Å². The molecule has 120 valence electrons. The summed E-state index contributed by atoms with van der Waals surface area (Å²) >= 11 is 0. The Morgan fingerprint density at radius 2 is 1.75 bits per heavy atom. The lowest BCUT2D eigenvalue weighted by atomic mass is 9.79. The predicted molar refractivity (Wildman–Crippen MR) is 97.2 cm³/mol. The van der Waals surface area contributed by atoms with Crippen molar-refractivity contribution in [3.8, 4) is 11.5 Å². The maximum atomic E-state index is 10.3. The van der Waals surface area contributed by atoms with Gasteiger partial charge in [0.15, 0.2) is 11.5 Å². The summed E-state index contributed by atoms with van der Waals surface area (Å²) in [7, 11) is 0. The van der Waals surface area contributed by atoms with Crippen LogP contribution in [0.3, 0.4) is 0 Å². The fourth-order valence-electron chi connectivity index (χ4n) is 3.69. The molecular weight excluding hydrogens is 298 g/mol. The van der Waals surface area contributed by atoms with E-state index in [0.717, 1.165) is 16.7 Å². The molecule has 4 N–H and O–H groups in total. The van der Waals surface area contributed by atoms with Crippen molar-refractivity contribution in [2.75, 3.05) is 6.54 Å². The number of phenols is 2. The smallest absolute Gasteiger partial charge is 0.161 e. The third-order valence-electron chi connectivity index (χ3n) is 4.88. The highest BCUT2D eigenvalue weighted by Crippen LogP contribution is 2.43. The molecule has 0 radical (unpaired) electrons. The van der Waals surface area contributed by atoms with Crippen molar-refractivity contribution in [2.24, 2.45) is 5.73 Å². The summed E-state index contributed by atoms with van der Waals surface area (Å²) < 4.78 is 0. The molecule has 24 heavy (non-hydrogen) atoms. The normalized spacial score (nSPS) is 16.7. The lowest BCUT2D eigenvalue weighted by molar-refractivity contribution is 0.398. The van der Waals surface area contributed by atoms with E-state index in [1.165, 1.54) is 22.4 Å². The molecule has 1 aliphatic rings. The monoisotopic (exact) mass is 317 g/mol. The maximum absolute atomic E-state index is 10.3. The summed E-state index contributed by atoms with van der Waals surface area (Å²) in [6, 6.07) is 18.0. The molecule has 3 aromatic rings. The Morgan fingerprint density at radius 1 is 0.958 bits per heavy atom. The van der Waals surface area contributed by atoms with Crippen LogP contribution in [0.5, 0.6) is 11.5 Å². The molecule has 1 aliphatic carbocycles. The number of rotatable bonds is 2. The van der Waals surface area contributed by atoms with Crippen LogP contribution in [0.25, 0.3) is 16.3 Å². The fourth-order valence-corrected chi connectivity index (χ4v) is 3.69. The maximum Gasteiger partial charge on any atom is 0.161 e. The highest BCUT2D eigenvalue weighted by molar-refractivity contribution is 5.87. The fraction of sp³-hybridized carbons (Fsp3) is 0.143. The molecule has 4 rings (SSSR count).